The van der Waals surface area contributed by atoms with Crippen molar-refractivity contribution in [2.75, 3.05) is 47.5 Å². The molecule has 0 aliphatic carbocycles. The quantitative estimate of drug-likeness (QED) is 0.401. The van der Waals surface area contributed by atoms with Gasteiger partial charge in [0.2, 0.25) is 5.75 Å². The lowest BCUT2D eigenvalue weighted by molar-refractivity contribution is 0.0633. The number of carbonyl (C=O) groups excluding carboxylic acids is 2. The van der Waals surface area contributed by atoms with E-state index >= 15 is 0 Å². The van der Waals surface area contributed by atoms with Crippen LogP contribution >= 0.6 is 0 Å². The molecule has 1 aromatic heterocycles. The first kappa shape index (κ1) is 22.7. The van der Waals surface area contributed by atoms with Crippen molar-refractivity contribution in [1.82, 2.24) is 14.8 Å². The molecule has 2 aliphatic heterocycles. The summed E-state index contributed by atoms with van der Waals surface area (Å²) in [5, 5.41) is 2.93. The maximum Gasteiger partial charge on any atom is 0.262 e. The number of fused-ring (bicyclic) bond motifs is 8. The van der Waals surface area contributed by atoms with Gasteiger partial charge < -0.3 is 24.1 Å². The van der Waals surface area contributed by atoms with Crippen LogP contribution in [0.5, 0.6) is 17.2 Å². The predicted molar refractivity (Wildman–Crippen MR) is 139 cm³/mol. The van der Waals surface area contributed by atoms with Crippen LogP contribution in [0.2, 0.25) is 0 Å². The number of nitrogens with one attached hydrogen (secondary N) is 1. The first-order chi connectivity index (χ1) is 17.6. The van der Waals surface area contributed by atoms with Crippen LogP contribution in [0.25, 0.3) is 32.6 Å². The Morgan fingerprint density at radius 1 is 0.806 bits per heavy atom. The number of benzene rings is 3. The van der Waals surface area contributed by atoms with Gasteiger partial charge in [0, 0.05) is 34.8 Å². The van der Waals surface area contributed by atoms with E-state index in [1.54, 1.807) is 27.4 Å². The number of hydrogen-bond donors (Lipinski definition) is 1. The summed E-state index contributed by atoms with van der Waals surface area (Å²) >= 11 is 0. The number of carbonyl (C=O) groups is 2. The van der Waals surface area contributed by atoms with Crippen molar-refractivity contribution < 1.29 is 23.8 Å². The van der Waals surface area contributed by atoms with Gasteiger partial charge in [-0.1, -0.05) is 24.6 Å². The topological polar surface area (TPSA) is 84.1 Å². The van der Waals surface area contributed by atoms with E-state index < -0.39 is 0 Å². The van der Waals surface area contributed by atoms with Crippen molar-refractivity contribution in [1.29, 1.82) is 0 Å². The Morgan fingerprint density at radius 3 is 2.25 bits per heavy atom. The number of hydrogen-bond acceptors (Lipinski definition) is 6. The summed E-state index contributed by atoms with van der Waals surface area (Å²) in [5.74, 6) is 0.798. The summed E-state index contributed by atoms with van der Waals surface area (Å²) in [7, 11) is 4.66. The minimum Gasteiger partial charge on any atom is -0.493 e. The molecule has 0 saturated carbocycles. The Kier molecular flexibility index (Phi) is 5.48. The van der Waals surface area contributed by atoms with Gasteiger partial charge in [0.05, 0.1) is 43.4 Å². The molecule has 2 aliphatic rings. The minimum absolute atomic E-state index is 0.252. The molecule has 0 bridgehead atoms. The number of imide groups is 1. The van der Waals surface area contributed by atoms with Gasteiger partial charge in [0.15, 0.2) is 11.5 Å². The fraction of sp³-hybridized carbons (Fsp3) is 0.357. The van der Waals surface area contributed by atoms with E-state index in [0.29, 0.717) is 52.2 Å². The molecule has 8 nitrogen and oxygen atoms in total. The van der Waals surface area contributed by atoms with Crippen molar-refractivity contribution in [3.05, 3.63) is 41.5 Å². The van der Waals surface area contributed by atoms with Gasteiger partial charge in [-0.15, -0.1) is 0 Å². The largest absolute Gasteiger partial charge is 0.493 e. The lowest BCUT2D eigenvalue weighted by Gasteiger charge is -2.27. The fourth-order valence-corrected chi connectivity index (χ4v) is 5.88. The Hall–Kier alpha value is -3.78. The lowest BCUT2D eigenvalue weighted by Crippen LogP contribution is -2.40. The molecular weight excluding hydrogens is 458 g/mol. The van der Waals surface area contributed by atoms with E-state index in [1.165, 1.54) is 11.3 Å². The zero-order chi connectivity index (χ0) is 25.0. The van der Waals surface area contributed by atoms with Gasteiger partial charge in [-0.25, -0.2) is 0 Å². The number of methoxy groups -OCH3 is 3. The predicted octanol–water partition coefficient (Wildman–Crippen LogP) is 4.58. The number of nitrogens with zero attached hydrogens (tertiary/aromatic N) is 2. The highest BCUT2D eigenvalue weighted by atomic mass is 16.5. The monoisotopic (exact) mass is 487 g/mol. The summed E-state index contributed by atoms with van der Waals surface area (Å²) in [5.41, 5.74) is 2.45. The number of aromatic amines is 1. The van der Waals surface area contributed by atoms with Crippen LogP contribution in [-0.2, 0) is 0 Å². The standard InChI is InChI=1S/C28H29N3O5/c1-34-19-15-17-21-23(28(33)31(27(21)32)14-13-30-11-7-4-8-12-30)20-16-9-5-6-10-18(16)29-24(20)22(17)26(36-3)25(19)35-2/h5-6,9-10,15,29H,4,7-8,11-14H2,1-3H3. The van der Waals surface area contributed by atoms with E-state index in [4.69, 9.17) is 14.2 Å². The van der Waals surface area contributed by atoms with E-state index in [9.17, 15) is 9.59 Å². The van der Waals surface area contributed by atoms with Crippen LogP contribution in [0, 0.1) is 0 Å². The molecule has 2 amide bonds. The number of ether oxygens (including phenoxy) is 3. The van der Waals surface area contributed by atoms with Crippen LogP contribution in [-0.4, -0.2) is 74.1 Å². The summed E-state index contributed by atoms with van der Waals surface area (Å²) in [6, 6.07) is 9.60. The van der Waals surface area contributed by atoms with Gasteiger partial charge in [-0.05, 0) is 38.1 Å². The van der Waals surface area contributed by atoms with Crippen molar-refractivity contribution in [3.8, 4) is 17.2 Å². The molecular formula is C28H29N3O5. The molecule has 0 radical (unpaired) electrons. The number of rotatable bonds is 6. The van der Waals surface area contributed by atoms with E-state index in [-0.39, 0.29) is 11.8 Å². The maximum absolute atomic E-state index is 13.9. The Balaban J connectivity index is 1.63. The summed E-state index contributed by atoms with van der Waals surface area (Å²) in [4.78, 5) is 35.0. The van der Waals surface area contributed by atoms with E-state index in [0.717, 1.165) is 47.7 Å². The molecule has 0 unspecified atom stereocenters. The summed E-state index contributed by atoms with van der Waals surface area (Å²) in [6.45, 7) is 3.06. The highest BCUT2D eigenvalue weighted by Gasteiger charge is 2.41. The number of para-hydroxylation sites is 1. The van der Waals surface area contributed by atoms with Gasteiger partial charge in [-0.3, -0.25) is 14.5 Å². The van der Waals surface area contributed by atoms with Crippen molar-refractivity contribution in [2.24, 2.45) is 0 Å². The number of piperidine rings is 1. The SMILES string of the molecule is COc1cc2c3c(c4c5ccccc5[nH]c4c2c(OC)c1OC)C(=O)N(CCN1CCCCC1)C3=O. The molecule has 36 heavy (non-hydrogen) atoms. The van der Waals surface area contributed by atoms with Crippen LogP contribution in [0.3, 0.4) is 0 Å². The molecule has 186 valence electrons. The van der Waals surface area contributed by atoms with Crippen LogP contribution < -0.4 is 14.2 Å². The van der Waals surface area contributed by atoms with Gasteiger partial charge in [0.25, 0.3) is 11.8 Å². The number of amides is 2. The van der Waals surface area contributed by atoms with Gasteiger partial charge in [-0.2, -0.15) is 0 Å². The Labute approximate surface area is 208 Å². The normalized spacial score (nSPS) is 16.4. The molecule has 3 aromatic carbocycles. The molecule has 8 heteroatoms. The fourth-order valence-electron chi connectivity index (χ4n) is 5.88. The lowest BCUT2D eigenvalue weighted by atomic mass is 9.94. The van der Waals surface area contributed by atoms with Crippen molar-refractivity contribution >= 4 is 44.4 Å². The molecule has 1 saturated heterocycles. The van der Waals surface area contributed by atoms with Crippen LogP contribution in [0.1, 0.15) is 40.0 Å². The first-order valence-electron chi connectivity index (χ1n) is 12.4. The number of likely N-dealkylation sites (tertiary alicyclic amines) is 1. The molecule has 3 heterocycles. The summed E-state index contributed by atoms with van der Waals surface area (Å²) in [6.07, 6.45) is 3.55. The third-order valence-electron chi connectivity index (χ3n) is 7.56. The molecule has 0 atom stereocenters. The third-order valence-corrected chi connectivity index (χ3v) is 7.56. The van der Waals surface area contributed by atoms with Gasteiger partial charge in [0.1, 0.15) is 0 Å². The molecule has 4 aromatic rings. The van der Waals surface area contributed by atoms with E-state index in [1.807, 2.05) is 24.3 Å². The maximum atomic E-state index is 13.9. The second-order valence-electron chi connectivity index (χ2n) is 9.40. The van der Waals surface area contributed by atoms with Crippen LogP contribution in [0.15, 0.2) is 30.3 Å². The Bertz CT molecular complexity index is 1530. The van der Waals surface area contributed by atoms with Crippen molar-refractivity contribution in [3.63, 3.8) is 0 Å². The van der Waals surface area contributed by atoms with Crippen molar-refractivity contribution in [2.45, 2.75) is 19.3 Å². The summed E-state index contributed by atoms with van der Waals surface area (Å²) < 4.78 is 17.1. The van der Waals surface area contributed by atoms with Crippen LogP contribution in [0.4, 0.5) is 0 Å². The Morgan fingerprint density at radius 2 is 1.53 bits per heavy atom. The second kappa shape index (κ2) is 8.71. The molecule has 1 fully saturated rings. The minimum atomic E-state index is -0.279. The third kappa shape index (κ3) is 3.17. The van der Waals surface area contributed by atoms with E-state index in [2.05, 4.69) is 9.88 Å². The zero-order valence-corrected chi connectivity index (χ0v) is 20.8. The zero-order valence-electron chi connectivity index (χ0n) is 20.8. The average Bonchev–Trinajstić information content (AvgIpc) is 3.41. The average molecular weight is 488 g/mol. The molecule has 0 spiro atoms. The number of H-pyrrole nitrogens is 1. The van der Waals surface area contributed by atoms with Gasteiger partial charge >= 0.3 is 0 Å². The highest BCUT2D eigenvalue weighted by Crippen LogP contribution is 2.50. The number of aromatic nitrogens is 1. The molecule has 6 rings (SSSR count). The molecule has 1 N–H and O–H groups in total. The smallest absolute Gasteiger partial charge is 0.262 e. The first-order valence-corrected chi connectivity index (χ1v) is 12.4. The highest BCUT2D eigenvalue weighted by molar-refractivity contribution is 6.37. The second-order valence-corrected chi connectivity index (χ2v) is 9.40.